The molecule has 4 rings (SSSR count). The van der Waals surface area contributed by atoms with Crippen LogP contribution in [0.2, 0.25) is 0 Å². The van der Waals surface area contributed by atoms with E-state index in [0.29, 0.717) is 11.4 Å². The van der Waals surface area contributed by atoms with Crippen LogP contribution < -0.4 is 16.6 Å². The number of rotatable bonds is 1. The summed E-state index contributed by atoms with van der Waals surface area (Å²) in [5.41, 5.74) is 18.8. The second kappa shape index (κ2) is 5.08. The van der Waals surface area contributed by atoms with Gasteiger partial charge in [0.2, 0.25) is 0 Å². The van der Waals surface area contributed by atoms with Crippen LogP contribution in [0.5, 0.6) is 0 Å². The third-order valence-electron chi connectivity index (χ3n) is 5.14. The van der Waals surface area contributed by atoms with Crippen molar-refractivity contribution < 1.29 is 0 Å². The number of hydrogen-bond acceptors (Lipinski definition) is 5. The van der Waals surface area contributed by atoms with E-state index in [1.54, 1.807) is 0 Å². The molecule has 0 amide bonds. The van der Waals surface area contributed by atoms with Crippen molar-refractivity contribution in [2.24, 2.45) is 0 Å². The van der Waals surface area contributed by atoms with Crippen molar-refractivity contribution in [2.45, 2.75) is 44.7 Å². The molecule has 2 aromatic heterocycles. The van der Waals surface area contributed by atoms with Crippen LogP contribution in [-0.2, 0) is 12.8 Å². The number of H-pyrrole nitrogens is 1. The first-order chi connectivity index (χ1) is 11.1. The van der Waals surface area contributed by atoms with Crippen LogP contribution in [0.15, 0.2) is 12.3 Å². The zero-order chi connectivity index (χ0) is 16.1. The second-order valence-electron chi connectivity index (χ2n) is 6.49. The first kappa shape index (κ1) is 14.2. The quantitative estimate of drug-likeness (QED) is 0.641. The van der Waals surface area contributed by atoms with Gasteiger partial charge in [-0.1, -0.05) is 0 Å². The summed E-state index contributed by atoms with van der Waals surface area (Å²) >= 11 is 0. The maximum absolute atomic E-state index is 9.67. The number of aromatic nitrogens is 2. The standard InChI is InChI=1S/C17H20N6/c1-8-14(9(2)23-22-8)15-11-3-4-13-10(5-6-20-13)16(11)21-17(19)12(15)7-18/h5-6,8-9,14,20,22-23H,3-4H2,1-2H3,(H2,19,21). The van der Waals surface area contributed by atoms with Gasteiger partial charge in [0.25, 0.3) is 0 Å². The molecule has 118 valence electrons. The first-order valence-corrected chi connectivity index (χ1v) is 8.01. The Kier molecular flexibility index (Phi) is 3.15. The number of anilines is 1. The summed E-state index contributed by atoms with van der Waals surface area (Å²) in [6, 6.07) is 4.81. The Morgan fingerprint density at radius 3 is 2.70 bits per heavy atom. The van der Waals surface area contributed by atoms with E-state index in [1.807, 2.05) is 12.3 Å². The SMILES string of the molecule is CC1NNC(C)C1c1c(C#N)c(N)nc2c1CCc1[nH]ccc1-2. The summed E-state index contributed by atoms with van der Waals surface area (Å²) in [7, 11) is 0. The lowest BCUT2D eigenvalue weighted by Gasteiger charge is -2.27. The summed E-state index contributed by atoms with van der Waals surface area (Å²) in [5.74, 6) is 0.533. The number of hydrazine groups is 1. The van der Waals surface area contributed by atoms with E-state index in [2.05, 4.69) is 40.7 Å². The lowest BCUT2D eigenvalue weighted by molar-refractivity contribution is 0.566. The molecule has 1 saturated heterocycles. The van der Waals surface area contributed by atoms with Gasteiger partial charge in [-0.15, -0.1) is 0 Å². The van der Waals surface area contributed by atoms with Crippen LogP contribution in [0.25, 0.3) is 11.3 Å². The lowest BCUT2D eigenvalue weighted by Crippen LogP contribution is -2.30. The van der Waals surface area contributed by atoms with Crippen LogP contribution in [-0.4, -0.2) is 22.1 Å². The van der Waals surface area contributed by atoms with Crippen LogP contribution in [0.3, 0.4) is 0 Å². The van der Waals surface area contributed by atoms with E-state index in [4.69, 9.17) is 5.73 Å². The molecule has 3 heterocycles. The van der Waals surface area contributed by atoms with Crippen molar-refractivity contribution >= 4 is 5.82 Å². The number of nitrogens with two attached hydrogens (primary N) is 1. The molecule has 2 unspecified atom stereocenters. The van der Waals surface area contributed by atoms with Gasteiger partial charge in [0.1, 0.15) is 11.9 Å². The molecule has 5 N–H and O–H groups in total. The molecule has 0 spiro atoms. The van der Waals surface area contributed by atoms with E-state index in [0.717, 1.165) is 29.7 Å². The second-order valence-corrected chi connectivity index (χ2v) is 6.49. The highest BCUT2D eigenvalue weighted by molar-refractivity contribution is 5.75. The number of fused-ring (bicyclic) bond motifs is 3. The average Bonchev–Trinajstić information content (AvgIpc) is 3.13. The topological polar surface area (TPSA) is 103 Å². The predicted octanol–water partition coefficient (Wildman–Crippen LogP) is 1.60. The fourth-order valence-electron chi connectivity index (χ4n) is 4.08. The smallest absolute Gasteiger partial charge is 0.142 e. The molecule has 1 aliphatic carbocycles. The number of hydrogen-bond donors (Lipinski definition) is 4. The zero-order valence-corrected chi connectivity index (χ0v) is 13.3. The van der Waals surface area contributed by atoms with Crippen molar-refractivity contribution in [3.05, 3.63) is 34.6 Å². The minimum absolute atomic E-state index is 0.198. The van der Waals surface area contributed by atoms with E-state index in [9.17, 15) is 5.26 Å². The van der Waals surface area contributed by atoms with Gasteiger partial charge in [0.15, 0.2) is 0 Å². The molecule has 2 aromatic rings. The Labute approximate surface area is 135 Å². The average molecular weight is 308 g/mol. The number of aryl methyl sites for hydroxylation is 1. The van der Waals surface area contributed by atoms with Crippen LogP contribution in [0.1, 0.15) is 42.1 Å². The summed E-state index contributed by atoms with van der Waals surface area (Å²) in [6.07, 6.45) is 3.77. The minimum Gasteiger partial charge on any atom is -0.383 e. The summed E-state index contributed by atoms with van der Waals surface area (Å²) in [4.78, 5) is 7.86. The largest absolute Gasteiger partial charge is 0.383 e. The van der Waals surface area contributed by atoms with E-state index in [-0.39, 0.29) is 18.0 Å². The molecule has 6 heteroatoms. The lowest BCUT2D eigenvalue weighted by atomic mass is 9.79. The Bertz CT molecular complexity index is 805. The molecule has 2 aliphatic rings. The monoisotopic (exact) mass is 308 g/mol. The molecule has 1 aliphatic heterocycles. The summed E-state index contributed by atoms with van der Waals surface area (Å²) < 4.78 is 0. The maximum Gasteiger partial charge on any atom is 0.142 e. The molecule has 6 nitrogen and oxygen atoms in total. The fourth-order valence-corrected chi connectivity index (χ4v) is 4.08. The fraction of sp³-hybridized carbons (Fsp3) is 0.412. The number of nitrogens with one attached hydrogen (secondary N) is 3. The highest BCUT2D eigenvalue weighted by atomic mass is 15.4. The highest BCUT2D eigenvalue weighted by Gasteiger charge is 2.37. The number of aromatic amines is 1. The van der Waals surface area contributed by atoms with Gasteiger partial charge >= 0.3 is 0 Å². The molecule has 1 fully saturated rings. The van der Waals surface area contributed by atoms with Crippen LogP contribution >= 0.6 is 0 Å². The van der Waals surface area contributed by atoms with Crippen molar-refractivity contribution in [2.75, 3.05) is 5.73 Å². The van der Waals surface area contributed by atoms with Crippen LogP contribution in [0, 0.1) is 11.3 Å². The Hall–Kier alpha value is -2.36. The third kappa shape index (κ3) is 1.97. The third-order valence-corrected chi connectivity index (χ3v) is 5.14. The molecule has 0 bridgehead atoms. The molecular weight excluding hydrogens is 288 g/mol. The maximum atomic E-state index is 9.67. The first-order valence-electron chi connectivity index (χ1n) is 8.01. The summed E-state index contributed by atoms with van der Waals surface area (Å²) in [6.45, 7) is 4.27. The van der Waals surface area contributed by atoms with E-state index >= 15 is 0 Å². The molecule has 23 heavy (non-hydrogen) atoms. The molecule has 2 atom stereocenters. The Balaban J connectivity index is 2.00. The zero-order valence-electron chi connectivity index (χ0n) is 13.3. The van der Waals surface area contributed by atoms with Gasteiger partial charge in [-0.25, -0.2) is 4.98 Å². The molecular formula is C17H20N6. The summed E-state index contributed by atoms with van der Waals surface area (Å²) in [5, 5.41) is 9.67. The minimum atomic E-state index is 0.198. The molecule has 0 radical (unpaired) electrons. The number of nitrogens with zero attached hydrogens (tertiary/aromatic N) is 2. The van der Waals surface area contributed by atoms with Gasteiger partial charge in [0.05, 0.1) is 11.3 Å². The van der Waals surface area contributed by atoms with E-state index < -0.39 is 0 Å². The number of nitriles is 1. The van der Waals surface area contributed by atoms with Crippen molar-refractivity contribution in [1.29, 1.82) is 5.26 Å². The molecule has 0 saturated carbocycles. The van der Waals surface area contributed by atoms with Gasteiger partial charge < -0.3 is 10.7 Å². The van der Waals surface area contributed by atoms with Gasteiger partial charge in [-0.2, -0.15) is 5.26 Å². The van der Waals surface area contributed by atoms with Crippen LogP contribution in [0.4, 0.5) is 5.82 Å². The van der Waals surface area contributed by atoms with Gasteiger partial charge in [0, 0.05) is 35.5 Å². The van der Waals surface area contributed by atoms with Gasteiger partial charge in [-0.05, 0) is 43.9 Å². The molecule has 0 aromatic carbocycles. The van der Waals surface area contributed by atoms with E-state index in [1.165, 1.54) is 11.3 Å². The Morgan fingerprint density at radius 1 is 1.26 bits per heavy atom. The Morgan fingerprint density at radius 2 is 2.00 bits per heavy atom. The normalized spacial score (nSPS) is 25.7. The number of pyridine rings is 1. The predicted molar refractivity (Wildman–Crippen MR) is 88.5 cm³/mol. The van der Waals surface area contributed by atoms with Crippen molar-refractivity contribution in [1.82, 2.24) is 20.8 Å². The van der Waals surface area contributed by atoms with Crippen molar-refractivity contribution in [3.8, 4) is 17.3 Å². The number of nitrogen functional groups attached to an aromatic ring is 1. The van der Waals surface area contributed by atoms with Gasteiger partial charge in [-0.3, -0.25) is 10.9 Å². The highest BCUT2D eigenvalue weighted by Crippen LogP contribution is 2.41. The van der Waals surface area contributed by atoms with Crippen molar-refractivity contribution in [3.63, 3.8) is 0 Å².